The monoisotopic (exact) mass is 300 g/mol. The summed E-state index contributed by atoms with van der Waals surface area (Å²) in [5.74, 6) is -1.66. The van der Waals surface area contributed by atoms with E-state index in [0.717, 1.165) is 5.56 Å². The molecule has 114 valence electrons. The lowest BCUT2D eigenvalue weighted by Crippen LogP contribution is -2.11. The van der Waals surface area contributed by atoms with Crippen LogP contribution in [-0.2, 0) is 11.3 Å². The lowest BCUT2D eigenvalue weighted by atomic mass is 10.1. The van der Waals surface area contributed by atoms with E-state index in [9.17, 15) is 14.7 Å². The molecule has 0 bridgehead atoms. The van der Waals surface area contributed by atoms with Gasteiger partial charge >= 0.3 is 11.9 Å². The lowest BCUT2D eigenvalue weighted by molar-refractivity contribution is 0.0463. The average Bonchev–Trinajstić information content (AvgIpc) is 2.50. The number of aromatic carboxylic acids is 1. The number of phenols is 1. The van der Waals surface area contributed by atoms with Gasteiger partial charge in [-0.1, -0.05) is 12.1 Å². The van der Waals surface area contributed by atoms with Crippen LogP contribution in [0.4, 0.5) is 0 Å². The Morgan fingerprint density at radius 2 is 1.59 bits per heavy atom. The fourth-order valence-corrected chi connectivity index (χ4v) is 2.20. The summed E-state index contributed by atoms with van der Waals surface area (Å²) in [6, 6.07) is 9.34. The minimum Gasteiger partial charge on any atom is -0.507 e. The number of carboxylic acids is 1. The summed E-state index contributed by atoms with van der Waals surface area (Å²) >= 11 is 0. The van der Waals surface area contributed by atoms with E-state index in [1.165, 1.54) is 12.1 Å². The maximum Gasteiger partial charge on any atom is 0.339 e. The number of carboxylic acid groups (broad SMARTS) is 1. The van der Waals surface area contributed by atoms with E-state index in [1.807, 2.05) is 0 Å². The maximum atomic E-state index is 12.0. The lowest BCUT2D eigenvalue weighted by Gasteiger charge is -2.10. The molecule has 0 unspecified atom stereocenters. The number of aromatic hydroxyl groups is 1. The third kappa shape index (κ3) is 3.25. The van der Waals surface area contributed by atoms with E-state index in [-0.39, 0.29) is 23.5 Å². The molecule has 0 spiro atoms. The van der Waals surface area contributed by atoms with Gasteiger partial charge in [0.1, 0.15) is 12.4 Å². The second-order valence-corrected chi connectivity index (χ2v) is 5.01. The van der Waals surface area contributed by atoms with Crippen LogP contribution in [0.15, 0.2) is 36.4 Å². The molecule has 0 aliphatic carbocycles. The topological polar surface area (TPSA) is 83.8 Å². The fraction of sp³-hybridized carbons (Fsp3) is 0.176. The molecule has 5 heteroatoms. The number of rotatable bonds is 4. The molecule has 0 aliphatic rings. The highest BCUT2D eigenvalue weighted by molar-refractivity contribution is 6.02. The summed E-state index contributed by atoms with van der Waals surface area (Å²) < 4.78 is 5.17. The first-order valence-electron chi connectivity index (χ1n) is 6.68. The number of phenolic OH excluding ortho intramolecular Hbond substituents is 1. The molecule has 0 heterocycles. The summed E-state index contributed by atoms with van der Waals surface area (Å²) in [6.07, 6.45) is 0. The van der Waals surface area contributed by atoms with E-state index in [4.69, 9.17) is 9.84 Å². The number of carbonyl (C=O) groups excluding carboxylic acids is 1. The molecule has 0 amide bonds. The summed E-state index contributed by atoms with van der Waals surface area (Å²) in [7, 11) is 0. The molecule has 2 N–H and O–H groups in total. The van der Waals surface area contributed by atoms with Crippen LogP contribution < -0.4 is 0 Å². The summed E-state index contributed by atoms with van der Waals surface area (Å²) in [5.41, 5.74) is 2.04. The van der Waals surface area contributed by atoms with Crippen molar-refractivity contribution in [3.63, 3.8) is 0 Å². The first kappa shape index (κ1) is 15.6. The zero-order valence-corrected chi connectivity index (χ0v) is 12.3. The van der Waals surface area contributed by atoms with Crippen molar-refractivity contribution in [2.45, 2.75) is 20.5 Å². The molecule has 0 radical (unpaired) electrons. The van der Waals surface area contributed by atoms with Gasteiger partial charge in [-0.25, -0.2) is 9.59 Å². The number of ether oxygens (including phenoxy) is 1. The number of carbonyl (C=O) groups is 2. The third-order valence-corrected chi connectivity index (χ3v) is 3.30. The summed E-state index contributed by atoms with van der Waals surface area (Å²) in [6.45, 7) is 3.52. The predicted molar refractivity (Wildman–Crippen MR) is 80.1 cm³/mol. The average molecular weight is 300 g/mol. The summed E-state index contributed by atoms with van der Waals surface area (Å²) in [4.78, 5) is 23.1. The van der Waals surface area contributed by atoms with Gasteiger partial charge in [0.05, 0.1) is 11.1 Å². The highest BCUT2D eigenvalue weighted by Crippen LogP contribution is 2.23. The van der Waals surface area contributed by atoms with Gasteiger partial charge in [-0.15, -0.1) is 0 Å². The van der Waals surface area contributed by atoms with Crippen LogP contribution >= 0.6 is 0 Å². The van der Waals surface area contributed by atoms with E-state index < -0.39 is 11.9 Å². The van der Waals surface area contributed by atoms with Crippen molar-refractivity contribution in [1.29, 1.82) is 0 Å². The molecular formula is C17H16O5. The minimum atomic E-state index is -1.18. The number of benzene rings is 2. The number of aryl methyl sites for hydroxylation is 2. The highest BCUT2D eigenvalue weighted by atomic mass is 16.5. The van der Waals surface area contributed by atoms with Gasteiger partial charge in [0, 0.05) is 0 Å². The van der Waals surface area contributed by atoms with Crippen LogP contribution in [0.25, 0.3) is 0 Å². The van der Waals surface area contributed by atoms with Crippen molar-refractivity contribution in [2.24, 2.45) is 0 Å². The molecule has 0 aromatic heterocycles. The molecule has 5 nitrogen and oxygen atoms in total. The Morgan fingerprint density at radius 1 is 1.05 bits per heavy atom. The van der Waals surface area contributed by atoms with Crippen molar-refractivity contribution >= 4 is 11.9 Å². The molecule has 0 atom stereocenters. The Morgan fingerprint density at radius 3 is 2.14 bits per heavy atom. The first-order valence-corrected chi connectivity index (χ1v) is 6.68. The van der Waals surface area contributed by atoms with Crippen LogP contribution in [-0.4, -0.2) is 22.2 Å². The minimum absolute atomic E-state index is 0.00868. The van der Waals surface area contributed by atoms with Crippen LogP contribution in [0, 0.1) is 13.8 Å². The van der Waals surface area contributed by atoms with Crippen molar-refractivity contribution in [3.8, 4) is 5.75 Å². The SMILES string of the molecule is Cc1cc(COC(=O)c2ccccc2C(=O)O)cc(C)c1O. The van der Waals surface area contributed by atoms with Crippen LogP contribution in [0.1, 0.15) is 37.4 Å². The number of hydrogen-bond acceptors (Lipinski definition) is 4. The largest absolute Gasteiger partial charge is 0.507 e. The van der Waals surface area contributed by atoms with E-state index in [1.54, 1.807) is 38.1 Å². The van der Waals surface area contributed by atoms with E-state index >= 15 is 0 Å². The van der Waals surface area contributed by atoms with Crippen LogP contribution in [0.2, 0.25) is 0 Å². The van der Waals surface area contributed by atoms with Gasteiger partial charge in [0.2, 0.25) is 0 Å². The molecule has 2 rings (SSSR count). The summed E-state index contributed by atoms with van der Waals surface area (Å²) in [5, 5.41) is 18.8. The molecule has 0 saturated heterocycles. The van der Waals surface area contributed by atoms with Crippen molar-refractivity contribution in [3.05, 3.63) is 64.2 Å². The maximum absolute atomic E-state index is 12.0. The van der Waals surface area contributed by atoms with Gasteiger partial charge in [-0.3, -0.25) is 0 Å². The quantitative estimate of drug-likeness (QED) is 0.848. The molecule has 2 aromatic carbocycles. The van der Waals surface area contributed by atoms with Crippen LogP contribution in [0.3, 0.4) is 0 Å². The molecule has 0 fully saturated rings. The first-order chi connectivity index (χ1) is 10.4. The highest BCUT2D eigenvalue weighted by Gasteiger charge is 2.17. The normalized spacial score (nSPS) is 10.3. The molecule has 0 aliphatic heterocycles. The molecular weight excluding hydrogens is 284 g/mol. The number of esters is 1. The Bertz CT molecular complexity index is 711. The van der Waals surface area contributed by atoms with Gasteiger partial charge in [-0.2, -0.15) is 0 Å². The van der Waals surface area contributed by atoms with Gasteiger partial charge in [0.15, 0.2) is 0 Å². The Balaban J connectivity index is 2.16. The van der Waals surface area contributed by atoms with Gasteiger partial charge in [-0.05, 0) is 54.8 Å². The van der Waals surface area contributed by atoms with Crippen molar-refractivity contribution < 1.29 is 24.5 Å². The molecule has 22 heavy (non-hydrogen) atoms. The molecule has 0 saturated carbocycles. The third-order valence-electron chi connectivity index (χ3n) is 3.30. The molecule has 2 aromatic rings. The second kappa shape index (κ2) is 6.30. The van der Waals surface area contributed by atoms with Gasteiger partial charge in [0.25, 0.3) is 0 Å². The fourth-order valence-electron chi connectivity index (χ4n) is 2.20. The second-order valence-electron chi connectivity index (χ2n) is 5.01. The van der Waals surface area contributed by atoms with Crippen molar-refractivity contribution in [1.82, 2.24) is 0 Å². The van der Waals surface area contributed by atoms with E-state index in [0.29, 0.717) is 11.1 Å². The Kier molecular flexibility index (Phi) is 4.46. The van der Waals surface area contributed by atoms with Gasteiger partial charge < -0.3 is 14.9 Å². The number of hydrogen-bond donors (Lipinski definition) is 2. The zero-order valence-electron chi connectivity index (χ0n) is 12.3. The van der Waals surface area contributed by atoms with Crippen LogP contribution in [0.5, 0.6) is 5.75 Å². The van der Waals surface area contributed by atoms with Crippen molar-refractivity contribution in [2.75, 3.05) is 0 Å². The van der Waals surface area contributed by atoms with E-state index in [2.05, 4.69) is 0 Å². The smallest absolute Gasteiger partial charge is 0.339 e. The standard InChI is InChI=1S/C17H16O5/c1-10-7-12(8-11(2)15(10)18)9-22-17(21)14-6-4-3-5-13(14)16(19)20/h3-8,18H,9H2,1-2H3,(H,19,20). The predicted octanol–water partition coefficient (Wildman–Crippen LogP) is 3.06. The Labute approximate surface area is 127 Å². The zero-order chi connectivity index (χ0) is 16.3. The Hall–Kier alpha value is -2.82.